The molecule has 1 aliphatic rings. The second kappa shape index (κ2) is 7.43. The normalized spacial score (nSPS) is 14.8. The summed E-state index contributed by atoms with van der Waals surface area (Å²) < 4.78 is 10.2. The standard InChI is InChI=1S/C20H17NO7/c1-27-15-8-11(9-16(28-2)18(15)24)7-14-12-5-3-4-6-13(12)19(25)21(20(14)26)10-17(22)23/h3-9,24H,10H2,1-2H3,(H,22,23)/p-1/b14-7-. The van der Waals surface area contributed by atoms with Crippen LogP contribution in [-0.2, 0) is 9.59 Å². The SMILES string of the molecule is COc1cc(/C=C2\C(=O)N(CC(=O)[O-])C(=O)c3ccccc32)cc(OC)c1O. The summed E-state index contributed by atoms with van der Waals surface area (Å²) in [5.74, 6) is -2.96. The highest BCUT2D eigenvalue weighted by molar-refractivity contribution is 6.34. The zero-order chi connectivity index (χ0) is 20.4. The number of imide groups is 1. The molecule has 2 aromatic carbocycles. The van der Waals surface area contributed by atoms with Crippen molar-refractivity contribution in [2.45, 2.75) is 0 Å². The van der Waals surface area contributed by atoms with E-state index < -0.39 is 24.3 Å². The number of phenolic OH excluding ortho intramolecular Hbond substituents is 1. The number of carbonyl (C=O) groups is 3. The van der Waals surface area contributed by atoms with Crippen LogP contribution in [0.15, 0.2) is 36.4 Å². The Morgan fingerprint density at radius 3 is 2.18 bits per heavy atom. The average molecular weight is 382 g/mol. The largest absolute Gasteiger partial charge is 0.548 e. The van der Waals surface area contributed by atoms with E-state index in [0.717, 1.165) is 0 Å². The summed E-state index contributed by atoms with van der Waals surface area (Å²) >= 11 is 0. The van der Waals surface area contributed by atoms with Crippen LogP contribution in [-0.4, -0.2) is 48.6 Å². The Morgan fingerprint density at radius 1 is 1.07 bits per heavy atom. The summed E-state index contributed by atoms with van der Waals surface area (Å²) in [4.78, 5) is 37.0. The first-order chi connectivity index (χ1) is 13.4. The van der Waals surface area contributed by atoms with E-state index >= 15 is 0 Å². The van der Waals surface area contributed by atoms with Crippen molar-refractivity contribution < 1.29 is 34.1 Å². The smallest absolute Gasteiger partial charge is 0.261 e. The van der Waals surface area contributed by atoms with Crippen LogP contribution in [0.2, 0.25) is 0 Å². The maximum absolute atomic E-state index is 12.8. The number of benzene rings is 2. The predicted octanol–water partition coefficient (Wildman–Crippen LogP) is 0.682. The molecule has 0 aromatic heterocycles. The number of hydrogen-bond acceptors (Lipinski definition) is 7. The summed E-state index contributed by atoms with van der Waals surface area (Å²) in [5.41, 5.74) is 1.14. The maximum atomic E-state index is 12.8. The van der Waals surface area contributed by atoms with Crippen LogP contribution in [0.4, 0.5) is 0 Å². The molecule has 3 rings (SSSR count). The number of aliphatic carboxylic acids is 1. The van der Waals surface area contributed by atoms with Gasteiger partial charge < -0.3 is 24.5 Å². The fourth-order valence-electron chi connectivity index (χ4n) is 2.98. The number of amides is 2. The molecule has 28 heavy (non-hydrogen) atoms. The van der Waals surface area contributed by atoms with E-state index in [1.54, 1.807) is 18.2 Å². The lowest BCUT2D eigenvalue weighted by atomic mass is 9.92. The Bertz CT molecular complexity index is 984. The number of hydrogen-bond donors (Lipinski definition) is 1. The zero-order valence-electron chi connectivity index (χ0n) is 15.1. The number of nitrogens with zero attached hydrogens (tertiary/aromatic N) is 1. The molecule has 0 atom stereocenters. The number of rotatable bonds is 5. The van der Waals surface area contributed by atoms with Gasteiger partial charge in [-0.1, -0.05) is 18.2 Å². The van der Waals surface area contributed by atoms with Crippen molar-refractivity contribution in [1.82, 2.24) is 4.90 Å². The average Bonchev–Trinajstić information content (AvgIpc) is 2.69. The van der Waals surface area contributed by atoms with E-state index in [-0.39, 0.29) is 28.4 Å². The highest BCUT2D eigenvalue weighted by atomic mass is 16.5. The number of aromatic hydroxyl groups is 1. The third kappa shape index (κ3) is 3.27. The van der Waals surface area contributed by atoms with Gasteiger partial charge in [-0.3, -0.25) is 14.5 Å². The lowest BCUT2D eigenvalue weighted by Crippen LogP contribution is -2.47. The Balaban J connectivity index is 2.19. The molecule has 0 fully saturated rings. The molecule has 0 saturated heterocycles. The van der Waals surface area contributed by atoms with Gasteiger partial charge in [-0.25, -0.2) is 0 Å². The van der Waals surface area contributed by atoms with Gasteiger partial charge in [0, 0.05) is 11.1 Å². The maximum Gasteiger partial charge on any atom is 0.261 e. The third-order valence-electron chi connectivity index (χ3n) is 4.27. The second-order valence-electron chi connectivity index (χ2n) is 5.95. The van der Waals surface area contributed by atoms with E-state index in [1.165, 1.54) is 38.5 Å². The van der Waals surface area contributed by atoms with Gasteiger partial charge in [0.25, 0.3) is 11.8 Å². The number of phenols is 1. The molecule has 144 valence electrons. The number of carboxylic acid groups (broad SMARTS) is 1. The molecule has 8 nitrogen and oxygen atoms in total. The van der Waals surface area contributed by atoms with Crippen molar-refractivity contribution in [3.8, 4) is 17.2 Å². The van der Waals surface area contributed by atoms with Crippen LogP contribution in [0.1, 0.15) is 21.5 Å². The Morgan fingerprint density at radius 2 is 1.64 bits per heavy atom. The van der Waals surface area contributed by atoms with E-state index in [9.17, 15) is 24.6 Å². The molecule has 2 aromatic rings. The van der Waals surface area contributed by atoms with Crippen molar-refractivity contribution in [2.75, 3.05) is 20.8 Å². The highest BCUT2D eigenvalue weighted by Crippen LogP contribution is 2.39. The van der Waals surface area contributed by atoms with Crippen LogP contribution >= 0.6 is 0 Å². The van der Waals surface area contributed by atoms with Crippen LogP contribution in [0.3, 0.4) is 0 Å². The first-order valence-electron chi connectivity index (χ1n) is 8.19. The molecule has 8 heteroatoms. The van der Waals surface area contributed by atoms with E-state index in [2.05, 4.69) is 0 Å². The van der Waals surface area contributed by atoms with E-state index in [0.29, 0.717) is 16.0 Å². The van der Waals surface area contributed by atoms with Crippen molar-refractivity contribution in [2.24, 2.45) is 0 Å². The predicted molar refractivity (Wildman–Crippen MR) is 96.6 cm³/mol. The molecule has 0 bridgehead atoms. The van der Waals surface area contributed by atoms with Crippen molar-refractivity contribution >= 4 is 29.4 Å². The minimum Gasteiger partial charge on any atom is -0.548 e. The quantitative estimate of drug-likeness (QED) is 0.597. The minimum absolute atomic E-state index is 0.117. The number of carboxylic acids is 1. The lowest BCUT2D eigenvalue weighted by Gasteiger charge is -2.28. The van der Waals surface area contributed by atoms with E-state index in [4.69, 9.17) is 9.47 Å². The summed E-state index contributed by atoms with van der Waals surface area (Å²) in [7, 11) is 2.74. The van der Waals surface area contributed by atoms with Crippen LogP contribution < -0.4 is 14.6 Å². The Kier molecular flexibility index (Phi) is 5.04. The van der Waals surface area contributed by atoms with Crippen molar-refractivity contribution in [3.05, 3.63) is 53.1 Å². The van der Waals surface area contributed by atoms with Crippen LogP contribution in [0, 0.1) is 0 Å². The molecule has 1 aliphatic heterocycles. The van der Waals surface area contributed by atoms with E-state index in [1.807, 2.05) is 0 Å². The molecule has 1 N–H and O–H groups in total. The summed E-state index contributed by atoms with van der Waals surface area (Å²) in [5, 5.41) is 21.0. The summed E-state index contributed by atoms with van der Waals surface area (Å²) in [6.07, 6.45) is 1.47. The van der Waals surface area contributed by atoms with Crippen LogP contribution in [0.5, 0.6) is 17.2 Å². The minimum atomic E-state index is -1.55. The Labute approximate surface area is 160 Å². The zero-order valence-corrected chi connectivity index (χ0v) is 15.1. The topological polar surface area (TPSA) is 116 Å². The first kappa shape index (κ1) is 19.0. The van der Waals surface area contributed by atoms with Gasteiger partial charge in [0.05, 0.1) is 26.7 Å². The second-order valence-corrected chi connectivity index (χ2v) is 5.95. The molecule has 0 saturated carbocycles. The third-order valence-corrected chi connectivity index (χ3v) is 4.27. The van der Waals surface area contributed by atoms with Gasteiger partial charge in [-0.05, 0) is 35.4 Å². The van der Waals surface area contributed by atoms with Gasteiger partial charge in [-0.2, -0.15) is 0 Å². The summed E-state index contributed by atoms with van der Waals surface area (Å²) in [6.45, 7) is -0.856. The molecular formula is C20H16NO7-. The number of carbonyl (C=O) groups excluding carboxylic acids is 3. The monoisotopic (exact) mass is 382 g/mol. The molecule has 0 spiro atoms. The molecule has 0 aliphatic carbocycles. The number of ether oxygens (including phenoxy) is 2. The van der Waals surface area contributed by atoms with Crippen molar-refractivity contribution in [1.29, 1.82) is 0 Å². The van der Waals surface area contributed by atoms with Crippen LogP contribution in [0.25, 0.3) is 11.6 Å². The van der Waals surface area contributed by atoms with Gasteiger partial charge in [-0.15, -0.1) is 0 Å². The molecule has 1 heterocycles. The van der Waals surface area contributed by atoms with Gasteiger partial charge in [0.2, 0.25) is 5.75 Å². The van der Waals surface area contributed by atoms with Gasteiger partial charge in [0.15, 0.2) is 11.5 Å². The van der Waals surface area contributed by atoms with Crippen molar-refractivity contribution in [3.63, 3.8) is 0 Å². The summed E-state index contributed by atoms with van der Waals surface area (Å²) in [6, 6.07) is 9.37. The van der Waals surface area contributed by atoms with Gasteiger partial charge >= 0.3 is 0 Å². The fourth-order valence-corrected chi connectivity index (χ4v) is 2.98. The molecule has 0 unspecified atom stereocenters. The molecule has 2 amide bonds. The number of methoxy groups -OCH3 is 2. The van der Waals surface area contributed by atoms with Gasteiger partial charge in [0.1, 0.15) is 0 Å². The Hall–Kier alpha value is -3.81. The molecule has 0 radical (unpaired) electrons. The fraction of sp³-hybridized carbons (Fsp3) is 0.150. The highest BCUT2D eigenvalue weighted by Gasteiger charge is 2.34. The first-order valence-corrected chi connectivity index (χ1v) is 8.19. The lowest BCUT2D eigenvalue weighted by molar-refractivity contribution is -0.305. The molecular weight excluding hydrogens is 366 g/mol. The number of fused-ring (bicyclic) bond motifs is 1.